The molecule has 0 aromatic carbocycles. The molecule has 0 heterocycles. The SMILES string of the molecule is Br.CCCCCC(=O)C(O)C(O)C(O)CO. The Labute approximate surface area is 106 Å². The number of halogens is 1. The molecule has 0 rings (SSSR count). The summed E-state index contributed by atoms with van der Waals surface area (Å²) in [5.74, 6) is -0.497. The van der Waals surface area contributed by atoms with Crippen molar-refractivity contribution < 1.29 is 25.2 Å². The van der Waals surface area contributed by atoms with Gasteiger partial charge in [0.15, 0.2) is 5.78 Å². The molecule has 16 heavy (non-hydrogen) atoms. The van der Waals surface area contributed by atoms with Crippen LogP contribution in [-0.4, -0.2) is 51.1 Å². The van der Waals surface area contributed by atoms with Gasteiger partial charge in [-0.1, -0.05) is 19.8 Å². The highest BCUT2D eigenvalue weighted by molar-refractivity contribution is 8.93. The van der Waals surface area contributed by atoms with E-state index in [-0.39, 0.29) is 23.4 Å². The molecule has 0 saturated carbocycles. The van der Waals surface area contributed by atoms with Gasteiger partial charge in [0.25, 0.3) is 0 Å². The molecular formula is C10H21BrO5. The fourth-order valence-electron chi connectivity index (χ4n) is 1.21. The number of rotatable bonds is 8. The molecule has 0 fully saturated rings. The molecule has 0 amide bonds. The van der Waals surface area contributed by atoms with E-state index in [4.69, 9.17) is 10.2 Å². The molecule has 0 bridgehead atoms. The van der Waals surface area contributed by atoms with Crippen molar-refractivity contribution in [2.24, 2.45) is 0 Å². The first kappa shape index (κ1) is 18.4. The van der Waals surface area contributed by atoms with Crippen LogP contribution in [0.1, 0.15) is 32.6 Å². The van der Waals surface area contributed by atoms with Gasteiger partial charge in [-0.15, -0.1) is 17.0 Å². The molecule has 0 saturated heterocycles. The first-order valence-electron chi connectivity index (χ1n) is 5.22. The van der Waals surface area contributed by atoms with Crippen molar-refractivity contribution in [2.75, 3.05) is 6.61 Å². The molecule has 0 aliphatic heterocycles. The third-order valence-electron chi connectivity index (χ3n) is 2.26. The predicted molar refractivity (Wildman–Crippen MR) is 64.6 cm³/mol. The van der Waals surface area contributed by atoms with Gasteiger partial charge in [-0.3, -0.25) is 4.79 Å². The molecule has 0 spiro atoms. The topological polar surface area (TPSA) is 98.0 Å². The van der Waals surface area contributed by atoms with Gasteiger partial charge in [0.05, 0.1) is 6.61 Å². The van der Waals surface area contributed by atoms with Crippen LogP contribution in [0.15, 0.2) is 0 Å². The van der Waals surface area contributed by atoms with E-state index in [1.165, 1.54) is 0 Å². The molecule has 0 aromatic rings. The Bertz CT molecular complexity index is 188. The maximum absolute atomic E-state index is 11.3. The van der Waals surface area contributed by atoms with Crippen LogP contribution >= 0.6 is 17.0 Å². The van der Waals surface area contributed by atoms with E-state index in [1.807, 2.05) is 6.92 Å². The van der Waals surface area contributed by atoms with Gasteiger partial charge in [0.2, 0.25) is 0 Å². The van der Waals surface area contributed by atoms with Gasteiger partial charge in [0.1, 0.15) is 18.3 Å². The fourth-order valence-corrected chi connectivity index (χ4v) is 1.21. The second kappa shape index (κ2) is 10.2. The van der Waals surface area contributed by atoms with Crippen LogP contribution in [0.3, 0.4) is 0 Å². The molecule has 5 nitrogen and oxygen atoms in total. The molecule has 0 aromatic heterocycles. The van der Waals surface area contributed by atoms with Crippen molar-refractivity contribution in [3.05, 3.63) is 0 Å². The van der Waals surface area contributed by atoms with E-state index in [0.29, 0.717) is 6.42 Å². The monoisotopic (exact) mass is 300 g/mol. The Balaban J connectivity index is 0. The van der Waals surface area contributed by atoms with E-state index in [0.717, 1.165) is 12.8 Å². The Morgan fingerprint density at radius 2 is 1.75 bits per heavy atom. The summed E-state index contributed by atoms with van der Waals surface area (Å²) >= 11 is 0. The second-order valence-corrected chi connectivity index (χ2v) is 3.61. The zero-order chi connectivity index (χ0) is 11.8. The molecule has 0 aliphatic carbocycles. The lowest BCUT2D eigenvalue weighted by atomic mass is 10.0. The molecule has 3 atom stereocenters. The van der Waals surface area contributed by atoms with Crippen molar-refractivity contribution in [1.29, 1.82) is 0 Å². The summed E-state index contributed by atoms with van der Waals surface area (Å²) in [6.07, 6.45) is -2.00. The van der Waals surface area contributed by atoms with Crippen molar-refractivity contribution in [3.63, 3.8) is 0 Å². The van der Waals surface area contributed by atoms with Crippen molar-refractivity contribution in [1.82, 2.24) is 0 Å². The summed E-state index contributed by atoms with van der Waals surface area (Å²) in [5.41, 5.74) is 0. The van der Waals surface area contributed by atoms with Crippen molar-refractivity contribution >= 4 is 22.8 Å². The number of hydrogen-bond acceptors (Lipinski definition) is 5. The summed E-state index contributed by atoms with van der Waals surface area (Å²) in [7, 11) is 0. The lowest BCUT2D eigenvalue weighted by molar-refractivity contribution is -0.140. The van der Waals surface area contributed by atoms with Crippen LogP contribution in [0, 0.1) is 0 Å². The van der Waals surface area contributed by atoms with Crippen molar-refractivity contribution in [3.8, 4) is 0 Å². The average Bonchev–Trinajstić information content (AvgIpc) is 2.26. The third-order valence-corrected chi connectivity index (χ3v) is 2.26. The number of aliphatic hydroxyl groups is 4. The fraction of sp³-hybridized carbons (Fsp3) is 0.900. The Hall–Kier alpha value is -0.0100. The van der Waals surface area contributed by atoms with Crippen LogP contribution in [0.4, 0.5) is 0 Å². The number of unbranched alkanes of at least 4 members (excludes halogenated alkanes) is 2. The zero-order valence-corrected chi connectivity index (χ0v) is 11.1. The first-order chi connectivity index (χ1) is 7.04. The molecule has 0 radical (unpaired) electrons. The maximum atomic E-state index is 11.3. The Kier molecular flexibility index (Phi) is 11.7. The zero-order valence-electron chi connectivity index (χ0n) is 9.37. The lowest BCUT2D eigenvalue weighted by Crippen LogP contribution is -2.43. The first-order valence-corrected chi connectivity index (χ1v) is 5.22. The number of ketones is 1. The Morgan fingerprint density at radius 1 is 1.19 bits per heavy atom. The summed E-state index contributed by atoms with van der Waals surface area (Å²) in [6, 6.07) is 0. The van der Waals surface area contributed by atoms with Crippen molar-refractivity contribution in [2.45, 2.75) is 50.9 Å². The van der Waals surface area contributed by atoms with Crippen LogP contribution < -0.4 is 0 Å². The normalized spacial score (nSPS) is 16.1. The highest BCUT2D eigenvalue weighted by Gasteiger charge is 2.28. The van der Waals surface area contributed by atoms with E-state index in [2.05, 4.69) is 0 Å². The minimum atomic E-state index is -1.61. The minimum Gasteiger partial charge on any atom is -0.394 e. The highest BCUT2D eigenvalue weighted by atomic mass is 79.9. The largest absolute Gasteiger partial charge is 0.394 e. The number of carbonyl (C=O) groups is 1. The molecular weight excluding hydrogens is 280 g/mol. The number of aliphatic hydroxyl groups excluding tert-OH is 4. The van der Waals surface area contributed by atoms with Crippen LogP contribution in [0.25, 0.3) is 0 Å². The number of Topliss-reactive ketones (excluding diaryl/α,β-unsaturated/α-hetero) is 1. The minimum absolute atomic E-state index is 0. The van der Waals surface area contributed by atoms with Gasteiger partial charge in [-0.05, 0) is 6.42 Å². The predicted octanol–water partition coefficient (Wildman–Crippen LogP) is -0.211. The van der Waals surface area contributed by atoms with E-state index in [9.17, 15) is 15.0 Å². The summed E-state index contributed by atoms with van der Waals surface area (Å²) in [5, 5.41) is 36.1. The standard InChI is InChI=1S/C10H20O5.BrH/c1-2-3-4-5-7(12)9(14)10(15)8(13)6-11;/h8-11,13-15H,2-6H2,1H3;1H. The maximum Gasteiger partial charge on any atom is 0.164 e. The molecule has 6 heteroatoms. The van der Waals surface area contributed by atoms with E-state index in [1.54, 1.807) is 0 Å². The van der Waals surface area contributed by atoms with Gasteiger partial charge >= 0.3 is 0 Å². The number of hydrogen-bond donors (Lipinski definition) is 4. The van der Waals surface area contributed by atoms with E-state index >= 15 is 0 Å². The lowest BCUT2D eigenvalue weighted by Gasteiger charge is -2.20. The van der Waals surface area contributed by atoms with Crippen LogP contribution in [0.2, 0.25) is 0 Å². The highest BCUT2D eigenvalue weighted by Crippen LogP contribution is 2.07. The quantitative estimate of drug-likeness (QED) is 0.465. The van der Waals surface area contributed by atoms with Gasteiger partial charge in [-0.2, -0.15) is 0 Å². The Morgan fingerprint density at radius 3 is 2.19 bits per heavy atom. The number of carbonyl (C=O) groups excluding carboxylic acids is 1. The van der Waals surface area contributed by atoms with E-state index < -0.39 is 30.7 Å². The van der Waals surface area contributed by atoms with Gasteiger partial charge < -0.3 is 20.4 Å². The molecule has 0 aliphatic rings. The molecule has 3 unspecified atom stereocenters. The molecule has 98 valence electrons. The second-order valence-electron chi connectivity index (χ2n) is 3.61. The summed E-state index contributed by atoms with van der Waals surface area (Å²) in [6.45, 7) is 1.31. The van der Waals surface area contributed by atoms with Gasteiger partial charge in [-0.25, -0.2) is 0 Å². The van der Waals surface area contributed by atoms with Crippen LogP contribution in [0.5, 0.6) is 0 Å². The van der Waals surface area contributed by atoms with Crippen LogP contribution in [-0.2, 0) is 4.79 Å². The third kappa shape index (κ3) is 6.55. The molecule has 4 N–H and O–H groups in total. The summed E-state index contributed by atoms with van der Waals surface area (Å²) in [4.78, 5) is 11.3. The van der Waals surface area contributed by atoms with Gasteiger partial charge in [0, 0.05) is 6.42 Å². The summed E-state index contributed by atoms with van der Waals surface area (Å²) < 4.78 is 0. The average molecular weight is 301 g/mol. The smallest absolute Gasteiger partial charge is 0.164 e.